The van der Waals surface area contributed by atoms with Crippen LogP contribution in [0.3, 0.4) is 0 Å². The van der Waals surface area contributed by atoms with Gasteiger partial charge in [-0.15, -0.1) is 11.6 Å². The molecule has 0 bridgehead atoms. The van der Waals surface area contributed by atoms with E-state index in [4.69, 9.17) is 11.6 Å². The van der Waals surface area contributed by atoms with Gasteiger partial charge in [0, 0.05) is 5.54 Å². The van der Waals surface area contributed by atoms with Crippen molar-refractivity contribution in [3.05, 3.63) is 35.4 Å². The molecule has 0 saturated carbocycles. The van der Waals surface area contributed by atoms with E-state index in [0.29, 0.717) is 0 Å². The zero-order valence-corrected chi connectivity index (χ0v) is 9.64. The molecule has 2 rings (SSSR count). The Morgan fingerprint density at radius 3 is 2.80 bits per heavy atom. The third-order valence-electron chi connectivity index (χ3n) is 2.65. The summed E-state index contributed by atoms with van der Waals surface area (Å²) in [4.78, 5) is 11.7. The molecule has 1 aliphatic heterocycles. The van der Waals surface area contributed by atoms with Crippen molar-refractivity contribution in [1.29, 1.82) is 0 Å². The molecule has 3 heteroatoms. The fourth-order valence-corrected chi connectivity index (χ4v) is 2.27. The zero-order valence-electron chi connectivity index (χ0n) is 8.88. The molecular formula is C12H14ClNO. The first-order valence-electron chi connectivity index (χ1n) is 5.03. The fourth-order valence-electron chi connectivity index (χ4n) is 2.00. The van der Waals surface area contributed by atoms with Gasteiger partial charge in [0.1, 0.15) is 5.38 Å². The van der Waals surface area contributed by atoms with Gasteiger partial charge in [-0.05, 0) is 31.4 Å². The van der Waals surface area contributed by atoms with E-state index in [9.17, 15) is 4.79 Å². The van der Waals surface area contributed by atoms with Crippen LogP contribution in [0, 0.1) is 0 Å². The Bertz CT molecular complexity index is 400. The maximum Gasteiger partial charge on any atom is 0.243 e. The first kappa shape index (κ1) is 10.5. The van der Waals surface area contributed by atoms with Gasteiger partial charge in [0.15, 0.2) is 0 Å². The molecule has 15 heavy (non-hydrogen) atoms. The summed E-state index contributed by atoms with van der Waals surface area (Å²) in [7, 11) is 0. The van der Waals surface area contributed by atoms with Gasteiger partial charge in [-0.2, -0.15) is 0 Å². The molecule has 0 aliphatic carbocycles. The average molecular weight is 224 g/mol. The van der Waals surface area contributed by atoms with Crippen LogP contribution in [-0.2, 0) is 11.2 Å². The molecule has 1 aromatic carbocycles. The SMILES string of the molecule is CC1(C)Cc2ccccc2C(Cl)C(=O)N1. The van der Waals surface area contributed by atoms with Gasteiger partial charge in [-0.1, -0.05) is 24.3 Å². The second kappa shape index (κ2) is 3.53. The maximum absolute atomic E-state index is 11.7. The van der Waals surface area contributed by atoms with Crippen LogP contribution in [0.1, 0.15) is 30.4 Å². The summed E-state index contributed by atoms with van der Waals surface area (Å²) in [5, 5.41) is 2.38. The minimum atomic E-state index is -0.567. The standard InChI is InChI=1S/C12H14ClNO/c1-12(2)7-8-5-3-4-6-9(8)10(13)11(15)14-12/h3-6,10H,7H2,1-2H3,(H,14,15). The molecule has 1 heterocycles. The lowest BCUT2D eigenvalue weighted by Gasteiger charge is -2.24. The molecule has 0 spiro atoms. The number of halogens is 1. The lowest BCUT2D eigenvalue weighted by Crippen LogP contribution is -2.44. The molecule has 1 atom stereocenters. The fraction of sp³-hybridized carbons (Fsp3) is 0.417. The van der Waals surface area contributed by atoms with E-state index in [-0.39, 0.29) is 11.4 Å². The number of carbonyl (C=O) groups excluding carboxylic acids is 1. The number of amides is 1. The first-order valence-corrected chi connectivity index (χ1v) is 5.47. The summed E-state index contributed by atoms with van der Waals surface area (Å²) >= 11 is 6.12. The molecule has 1 aliphatic rings. The van der Waals surface area contributed by atoms with Crippen molar-refractivity contribution in [2.75, 3.05) is 0 Å². The average Bonchev–Trinajstić information content (AvgIpc) is 2.23. The summed E-state index contributed by atoms with van der Waals surface area (Å²) in [5.41, 5.74) is 1.86. The van der Waals surface area contributed by atoms with Gasteiger partial charge >= 0.3 is 0 Å². The predicted octanol–water partition coefficient (Wildman–Crippen LogP) is 2.42. The van der Waals surface area contributed by atoms with Gasteiger partial charge in [0.2, 0.25) is 5.91 Å². The molecule has 0 aromatic heterocycles. The largest absolute Gasteiger partial charge is 0.349 e. The summed E-state index contributed by atoms with van der Waals surface area (Å²) < 4.78 is 0. The second-order valence-corrected chi connectivity index (χ2v) is 5.05. The van der Waals surface area contributed by atoms with E-state index in [0.717, 1.165) is 17.5 Å². The van der Waals surface area contributed by atoms with E-state index in [2.05, 4.69) is 5.32 Å². The van der Waals surface area contributed by atoms with Crippen LogP contribution in [0.2, 0.25) is 0 Å². The van der Waals surface area contributed by atoms with Gasteiger partial charge in [0.25, 0.3) is 0 Å². The lowest BCUT2D eigenvalue weighted by atomic mass is 9.93. The zero-order chi connectivity index (χ0) is 11.1. The van der Waals surface area contributed by atoms with Crippen molar-refractivity contribution in [2.24, 2.45) is 0 Å². The Labute approximate surface area is 94.6 Å². The van der Waals surface area contributed by atoms with Crippen LogP contribution >= 0.6 is 11.6 Å². The molecular weight excluding hydrogens is 210 g/mol. The number of carbonyl (C=O) groups is 1. The van der Waals surface area contributed by atoms with Gasteiger partial charge in [0.05, 0.1) is 0 Å². The topological polar surface area (TPSA) is 29.1 Å². The lowest BCUT2D eigenvalue weighted by molar-refractivity contribution is -0.122. The van der Waals surface area contributed by atoms with Crippen molar-refractivity contribution in [3.63, 3.8) is 0 Å². The maximum atomic E-state index is 11.7. The molecule has 1 aromatic rings. The smallest absolute Gasteiger partial charge is 0.243 e. The molecule has 0 fully saturated rings. The third kappa shape index (κ3) is 2.00. The summed E-state index contributed by atoms with van der Waals surface area (Å²) in [6, 6.07) is 7.86. The summed E-state index contributed by atoms with van der Waals surface area (Å²) in [6.45, 7) is 4.02. The highest BCUT2D eigenvalue weighted by molar-refractivity contribution is 6.31. The van der Waals surface area contributed by atoms with Crippen LogP contribution in [0.25, 0.3) is 0 Å². The van der Waals surface area contributed by atoms with E-state index < -0.39 is 5.38 Å². The molecule has 0 radical (unpaired) electrons. The predicted molar refractivity (Wildman–Crippen MR) is 61.0 cm³/mol. The van der Waals surface area contributed by atoms with Crippen molar-refractivity contribution in [1.82, 2.24) is 5.32 Å². The molecule has 1 N–H and O–H groups in total. The quantitative estimate of drug-likeness (QED) is 0.673. The molecule has 0 saturated heterocycles. The van der Waals surface area contributed by atoms with Crippen LogP contribution < -0.4 is 5.32 Å². The summed E-state index contributed by atoms with van der Waals surface area (Å²) in [5.74, 6) is -0.105. The van der Waals surface area contributed by atoms with Gasteiger partial charge in [-0.3, -0.25) is 4.79 Å². The Balaban J connectivity index is 2.51. The Morgan fingerprint density at radius 2 is 2.07 bits per heavy atom. The summed E-state index contributed by atoms with van der Waals surface area (Å²) in [6.07, 6.45) is 0.818. The minimum absolute atomic E-state index is 0.105. The highest BCUT2D eigenvalue weighted by atomic mass is 35.5. The number of nitrogens with one attached hydrogen (secondary N) is 1. The van der Waals surface area contributed by atoms with E-state index in [1.54, 1.807) is 0 Å². The monoisotopic (exact) mass is 223 g/mol. The van der Waals surface area contributed by atoms with Crippen molar-refractivity contribution in [3.8, 4) is 0 Å². The highest BCUT2D eigenvalue weighted by Gasteiger charge is 2.31. The number of benzene rings is 1. The van der Waals surface area contributed by atoms with Crippen LogP contribution in [0.4, 0.5) is 0 Å². The molecule has 80 valence electrons. The van der Waals surface area contributed by atoms with E-state index in [1.807, 2.05) is 38.1 Å². The molecule has 1 amide bonds. The number of hydrogen-bond donors (Lipinski definition) is 1. The molecule has 2 nitrogen and oxygen atoms in total. The van der Waals surface area contributed by atoms with E-state index >= 15 is 0 Å². The van der Waals surface area contributed by atoms with Crippen LogP contribution in [-0.4, -0.2) is 11.4 Å². The van der Waals surface area contributed by atoms with Gasteiger partial charge in [-0.25, -0.2) is 0 Å². The normalized spacial score (nSPS) is 23.9. The van der Waals surface area contributed by atoms with Crippen molar-refractivity contribution >= 4 is 17.5 Å². The van der Waals surface area contributed by atoms with Gasteiger partial charge < -0.3 is 5.32 Å². The number of alkyl halides is 1. The number of rotatable bonds is 0. The third-order valence-corrected chi connectivity index (χ3v) is 3.09. The number of hydrogen-bond acceptors (Lipinski definition) is 1. The highest BCUT2D eigenvalue weighted by Crippen LogP contribution is 2.30. The molecule has 1 unspecified atom stereocenters. The Morgan fingerprint density at radius 1 is 1.40 bits per heavy atom. The Hall–Kier alpha value is -1.02. The van der Waals surface area contributed by atoms with Crippen molar-refractivity contribution < 1.29 is 4.79 Å². The van der Waals surface area contributed by atoms with E-state index in [1.165, 1.54) is 0 Å². The van der Waals surface area contributed by atoms with Crippen LogP contribution in [0.15, 0.2) is 24.3 Å². The minimum Gasteiger partial charge on any atom is -0.349 e. The number of fused-ring (bicyclic) bond motifs is 1. The van der Waals surface area contributed by atoms with Crippen molar-refractivity contribution in [2.45, 2.75) is 31.2 Å². The second-order valence-electron chi connectivity index (χ2n) is 4.61. The van der Waals surface area contributed by atoms with Crippen LogP contribution in [0.5, 0.6) is 0 Å². The first-order chi connectivity index (χ1) is 6.99. The Kier molecular flexibility index (Phi) is 2.47.